The number of hydrogen-bond acceptors (Lipinski definition) is 7. The van der Waals surface area contributed by atoms with Crippen molar-refractivity contribution in [3.8, 4) is 0 Å². The van der Waals surface area contributed by atoms with Gasteiger partial charge in [-0.15, -0.1) is 0 Å². The van der Waals surface area contributed by atoms with Gasteiger partial charge in [-0.25, -0.2) is 4.39 Å². The fourth-order valence-electron chi connectivity index (χ4n) is 1.83. The van der Waals surface area contributed by atoms with E-state index in [4.69, 9.17) is 5.73 Å². The minimum Gasteiger partial charge on any atom is -0.399 e. The molecule has 2 rings (SSSR count). The van der Waals surface area contributed by atoms with Crippen LogP contribution in [-0.2, 0) is 4.74 Å². The fourth-order valence-corrected chi connectivity index (χ4v) is 1.83. The third-order valence-corrected chi connectivity index (χ3v) is 2.43. The number of nitrogens with two attached hydrogens (primary N) is 1. The summed E-state index contributed by atoms with van der Waals surface area (Å²) in [6.45, 7) is -1.09. The number of anilines is 2. The molecule has 0 bridgehead atoms. The number of ether oxygens (including phenoxy) is 1. The lowest BCUT2D eigenvalue weighted by Crippen LogP contribution is -2.62. The van der Waals surface area contributed by atoms with Crippen LogP contribution in [0.15, 0.2) is 18.2 Å². The van der Waals surface area contributed by atoms with Crippen LogP contribution in [0.25, 0.3) is 0 Å². The molecule has 0 aromatic heterocycles. The standard InChI is InChI=1S/C10H13FN2O5/c11-7-3-6(12)1-2-8(7)13-4-9(14,15)18-10(16,17)5-13/h1-3,14-17H,4-5,12H2. The van der Waals surface area contributed by atoms with Crippen molar-refractivity contribution in [2.24, 2.45) is 0 Å². The number of hydrogen-bond donors (Lipinski definition) is 5. The summed E-state index contributed by atoms with van der Waals surface area (Å²) in [5.74, 6) is -6.31. The van der Waals surface area contributed by atoms with Gasteiger partial charge in [0.2, 0.25) is 0 Å². The third kappa shape index (κ3) is 2.68. The number of halogens is 1. The predicted molar refractivity (Wildman–Crippen MR) is 58.4 cm³/mol. The van der Waals surface area contributed by atoms with Crippen LogP contribution >= 0.6 is 0 Å². The molecule has 1 aromatic rings. The molecule has 1 heterocycles. The molecule has 1 aliphatic heterocycles. The van der Waals surface area contributed by atoms with Crippen molar-refractivity contribution in [3.63, 3.8) is 0 Å². The molecule has 1 saturated heterocycles. The molecule has 6 N–H and O–H groups in total. The fraction of sp³-hybridized carbons (Fsp3) is 0.400. The molecule has 0 unspecified atom stereocenters. The van der Waals surface area contributed by atoms with Crippen LogP contribution < -0.4 is 10.6 Å². The minimum absolute atomic E-state index is 0.0487. The van der Waals surface area contributed by atoms with Crippen molar-refractivity contribution in [2.45, 2.75) is 11.9 Å². The topological polar surface area (TPSA) is 119 Å². The first-order valence-electron chi connectivity index (χ1n) is 5.08. The molecule has 7 nitrogen and oxygen atoms in total. The predicted octanol–water partition coefficient (Wildman–Crippen LogP) is -1.48. The van der Waals surface area contributed by atoms with Crippen LogP contribution in [0.1, 0.15) is 0 Å². The van der Waals surface area contributed by atoms with E-state index in [0.29, 0.717) is 0 Å². The van der Waals surface area contributed by atoms with Crippen LogP contribution in [0, 0.1) is 5.82 Å². The van der Waals surface area contributed by atoms with Crippen molar-refractivity contribution in [1.29, 1.82) is 0 Å². The van der Waals surface area contributed by atoms with Crippen LogP contribution in [0.5, 0.6) is 0 Å². The van der Waals surface area contributed by atoms with Gasteiger partial charge in [-0.3, -0.25) is 4.74 Å². The van der Waals surface area contributed by atoms with E-state index in [0.717, 1.165) is 11.0 Å². The van der Waals surface area contributed by atoms with Crippen LogP contribution in [0.3, 0.4) is 0 Å². The van der Waals surface area contributed by atoms with Crippen molar-refractivity contribution in [2.75, 3.05) is 23.7 Å². The highest BCUT2D eigenvalue weighted by atomic mass is 19.1. The maximum absolute atomic E-state index is 13.6. The molecule has 0 spiro atoms. The number of benzene rings is 1. The average Bonchev–Trinajstić information content (AvgIpc) is 2.11. The quantitative estimate of drug-likeness (QED) is 0.308. The zero-order chi connectivity index (χ0) is 13.6. The summed E-state index contributed by atoms with van der Waals surface area (Å²) in [5, 5.41) is 37.2. The molecule has 8 heteroatoms. The lowest BCUT2D eigenvalue weighted by molar-refractivity contribution is -0.474. The van der Waals surface area contributed by atoms with E-state index in [1.54, 1.807) is 0 Å². The highest BCUT2D eigenvalue weighted by molar-refractivity contribution is 5.55. The number of β-amino-alcohol motifs (C(OH)–C–C–N with tert-alkyl or cyclic N) is 4. The third-order valence-electron chi connectivity index (χ3n) is 2.43. The summed E-state index contributed by atoms with van der Waals surface area (Å²) in [6.07, 6.45) is 0. The SMILES string of the molecule is Nc1ccc(N2CC(O)(O)OC(O)(O)C2)c(F)c1. The first-order chi connectivity index (χ1) is 8.19. The number of morpholine rings is 1. The Kier molecular flexibility index (Phi) is 2.92. The molecule has 0 saturated carbocycles. The Morgan fingerprint density at radius 1 is 1.17 bits per heavy atom. The first-order valence-corrected chi connectivity index (χ1v) is 5.08. The monoisotopic (exact) mass is 260 g/mol. The van der Waals surface area contributed by atoms with Gasteiger partial charge in [-0.2, -0.15) is 0 Å². The molecule has 1 fully saturated rings. The van der Waals surface area contributed by atoms with E-state index in [1.165, 1.54) is 12.1 Å². The Balaban J connectivity index is 2.32. The summed E-state index contributed by atoms with van der Waals surface area (Å²) in [4.78, 5) is 1.03. The van der Waals surface area contributed by atoms with E-state index in [2.05, 4.69) is 4.74 Å². The molecule has 0 atom stereocenters. The second-order valence-corrected chi connectivity index (χ2v) is 4.16. The molecule has 100 valence electrons. The van der Waals surface area contributed by atoms with Gasteiger partial charge >= 0.3 is 11.9 Å². The van der Waals surface area contributed by atoms with Crippen LogP contribution in [0.4, 0.5) is 15.8 Å². The number of nitrogen functional groups attached to an aromatic ring is 1. The maximum Gasteiger partial charge on any atom is 0.300 e. The van der Waals surface area contributed by atoms with Crippen LogP contribution in [-0.4, -0.2) is 45.5 Å². The molecule has 0 aliphatic carbocycles. The highest BCUT2D eigenvalue weighted by Gasteiger charge is 2.46. The smallest absolute Gasteiger partial charge is 0.300 e. The van der Waals surface area contributed by atoms with Gasteiger partial charge in [0.05, 0.1) is 5.69 Å². The van der Waals surface area contributed by atoms with E-state index < -0.39 is 30.9 Å². The van der Waals surface area contributed by atoms with Crippen molar-refractivity contribution in [1.82, 2.24) is 0 Å². The molecule has 1 aliphatic rings. The van der Waals surface area contributed by atoms with E-state index >= 15 is 0 Å². The van der Waals surface area contributed by atoms with Crippen molar-refractivity contribution < 1.29 is 29.6 Å². The molecule has 0 amide bonds. The Hall–Kier alpha value is -1.45. The Bertz CT molecular complexity index is 450. The van der Waals surface area contributed by atoms with Crippen LogP contribution in [0.2, 0.25) is 0 Å². The Morgan fingerprint density at radius 3 is 2.22 bits per heavy atom. The van der Waals surface area contributed by atoms with Crippen molar-refractivity contribution in [3.05, 3.63) is 24.0 Å². The molecular formula is C10H13FN2O5. The molecule has 1 aromatic carbocycles. The average molecular weight is 260 g/mol. The second-order valence-electron chi connectivity index (χ2n) is 4.16. The van der Waals surface area contributed by atoms with E-state index in [9.17, 15) is 24.8 Å². The second kappa shape index (κ2) is 4.04. The van der Waals surface area contributed by atoms with Gasteiger partial charge in [0.1, 0.15) is 18.9 Å². The van der Waals surface area contributed by atoms with Gasteiger partial charge in [-0.1, -0.05) is 0 Å². The highest BCUT2D eigenvalue weighted by Crippen LogP contribution is 2.29. The molecular weight excluding hydrogens is 247 g/mol. The normalized spacial score (nSPS) is 21.9. The summed E-state index contributed by atoms with van der Waals surface area (Å²) in [6, 6.07) is 3.74. The van der Waals surface area contributed by atoms with Gasteiger partial charge in [-0.05, 0) is 18.2 Å². The summed E-state index contributed by atoms with van der Waals surface area (Å²) in [7, 11) is 0. The number of aliphatic hydroxyl groups is 4. The number of nitrogens with zero attached hydrogens (tertiary/aromatic N) is 1. The summed E-state index contributed by atoms with van der Waals surface area (Å²) in [5.41, 5.74) is 5.53. The summed E-state index contributed by atoms with van der Waals surface area (Å²) >= 11 is 0. The largest absolute Gasteiger partial charge is 0.399 e. The van der Waals surface area contributed by atoms with Gasteiger partial charge in [0.15, 0.2) is 0 Å². The Labute approximate surface area is 101 Å². The zero-order valence-corrected chi connectivity index (χ0v) is 9.25. The van der Waals surface area contributed by atoms with Gasteiger partial charge in [0.25, 0.3) is 0 Å². The van der Waals surface area contributed by atoms with Gasteiger partial charge in [0, 0.05) is 5.69 Å². The maximum atomic E-state index is 13.6. The first kappa shape index (κ1) is 13.0. The van der Waals surface area contributed by atoms with E-state index in [-0.39, 0.29) is 11.4 Å². The Morgan fingerprint density at radius 2 is 1.72 bits per heavy atom. The molecule has 18 heavy (non-hydrogen) atoms. The zero-order valence-electron chi connectivity index (χ0n) is 9.25. The summed E-state index contributed by atoms with van der Waals surface area (Å²) < 4.78 is 17.9. The number of rotatable bonds is 1. The van der Waals surface area contributed by atoms with E-state index in [1.807, 2.05) is 0 Å². The lowest BCUT2D eigenvalue weighted by Gasteiger charge is -2.42. The van der Waals surface area contributed by atoms with Gasteiger partial charge < -0.3 is 31.1 Å². The molecule has 0 radical (unpaired) electrons. The minimum atomic E-state index is -2.80. The lowest BCUT2D eigenvalue weighted by atomic mass is 10.2. The van der Waals surface area contributed by atoms with Crippen molar-refractivity contribution >= 4 is 11.4 Å².